The Bertz CT molecular complexity index is 661. The van der Waals surface area contributed by atoms with Crippen molar-refractivity contribution in [2.24, 2.45) is 4.99 Å². The van der Waals surface area contributed by atoms with Gasteiger partial charge in [0.1, 0.15) is 0 Å². The van der Waals surface area contributed by atoms with Gasteiger partial charge in [-0.15, -0.1) is 0 Å². The molecule has 2 heterocycles. The number of guanidine groups is 1. The van der Waals surface area contributed by atoms with E-state index in [1.807, 2.05) is 7.05 Å². The highest BCUT2D eigenvalue weighted by molar-refractivity contribution is 6.30. The van der Waals surface area contributed by atoms with Crippen LogP contribution in [0, 0.1) is 0 Å². The van der Waals surface area contributed by atoms with Crippen molar-refractivity contribution in [3.8, 4) is 0 Å². The zero-order valence-electron chi connectivity index (χ0n) is 16.5. The van der Waals surface area contributed by atoms with E-state index in [9.17, 15) is 4.79 Å². The first kappa shape index (κ1) is 20.9. The second-order valence-corrected chi connectivity index (χ2v) is 7.61. The van der Waals surface area contributed by atoms with Gasteiger partial charge in [0, 0.05) is 62.9 Å². The van der Waals surface area contributed by atoms with Gasteiger partial charge in [0.05, 0.1) is 13.2 Å². The molecule has 8 heteroatoms. The Kier molecular flexibility index (Phi) is 7.94. The Morgan fingerprint density at radius 3 is 2.71 bits per heavy atom. The Morgan fingerprint density at radius 1 is 1.25 bits per heavy atom. The lowest BCUT2D eigenvalue weighted by Crippen LogP contribution is -2.46. The summed E-state index contributed by atoms with van der Waals surface area (Å²) in [7, 11) is 1.82. The number of halogens is 1. The maximum absolute atomic E-state index is 12.1. The minimum absolute atomic E-state index is 0.00710. The maximum atomic E-state index is 12.1. The number of carbonyl (C=O) groups is 1. The first-order valence-corrected chi connectivity index (χ1v) is 10.4. The van der Waals surface area contributed by atoms with Crippen LogP contribution in [0.5, 0.6) is 0 Å². The van der Waals surface area contributed by atoms with Crippen LogP contribution in [0.3, 0.4) is 0 Å². The molecule has 0 spiro atoms. The summed E-state index contributed by atoms with van der Waals surface area (Å²) in [6.45, 7) is 6.44. The first-order chi connectivity index (χ1) is 13.7. The van der Waals surface area contributed by atoms with E-state index in [0.717, 1.165) is 70.4 Å². The lowest BCUT2D eigenvalue weighted by molar-refractivity contribution is -0.116. The van der Waals surface area contributed by atoms with Gasteiger partial charge in [0.25, 0.3) is 0 Å². The highest BCUT2D eigenvalue weighted by Gasteiger charge is 2.30. The summed E-state index contributed by atoms with van der Waals surface area (Å²) in [6.07, 6.45) is 2.37. The highest BCUT2D eigenvalue weighted by Crippen LogP contribution is 2.17. The molecule has 0 saturated carbocycles. The van der Waals surface area contributed by atoms with Crippen molar-refractivity contribution in [2.75, 3.05) is 58.3 Å². The molecule has 2 saturated heterocycles. The van der Waals surface area contributed by atoms with Crippen molar-refractivity contribution < 1.29 is 9.53 Å². The second kappa shape index (κ2) is 10.6. The van der Waals surface area contributed by atoms with Crippen molar-refractivity contribution in [3.05, 3.63) is 29.3 Å². The predicted molar refractivity (Wildman–Crippen MR) is 113 cm³/mol. The Balaban J connectivity index is 1.35. The number of likely N-dealkylation sites (tertiary alicyclic amines) is 1. The minimum Gasteiger partial charge on any atom is -0.379 e. The predicted octanol–water partition coefficient (Wildman–Crippen LogP) is 2.04. The second-order valence-electron chi connectivity index (χ2n) is 7.17. The van der Waals surface area contributed by atoms with E-state index >= 15 is 0 Å². The van der Waals surface area contributed by atoms with E-state index in [-0.39, 0.29) is 5.91 Å². The number of aliphatic imine (C=N–C) groups is 1. The molecule has 0 radical (unpaired) electrons. The van der Waals surface area contributed by atoms with Gasteiger partial charge >= 0.3 is 0 Å². The van der Waals surface area contributed by atoms with Gasteiger partial charge in [-0.1, -0.05) is 11.6 Å². The van der Waals surface area contributed by atoms with E-state index in [1.165, 1.54) is 0 Å². The number of hydrogen-bond acceptors (Lipinski definition) is 4. The first-order valence-electron chi connectivity index (χ1n) is 9.98. The number of hydrogen-bond donors (Lipinski definition) is 2. The topological polar surface area (TPSA) is 69.2 Å². The molecule has 2 N–H and O–H groups in total. The Hall–Kier alpha value is -1.83. The molecule has 1 aromatic carbocycles. The van der Waals surface area contributed by atoms with E-state index in [0.29, 0.717) is 17.5 Å². The van der Waals surface area contributed by atoms with Crippen LogP contribution in [-0.2, 0) is 9.53 Å². The number of rotatable bonds is 6. The van der Waals surface area contributed by atoms with Gasteiger partial charge < -0.3 is 20.3 Å². The summed E-state index contributed by atoms with van der Waals surface area (Å²) in [6, 6.07) is 7.72. The molecule has 0 aliphatic carbocycles. The van der Waals surface area contributed by atoms with Crippen LogP contribution < -0.4 is 10.6 Å². The molecule has 28 heavy (non-hydrogen) atoms. The van der Waals surface area contributed by atoms with E-state index in [4.69, 9.17) is 16.3 Å². The third-order valence-corrected chi connectivity index (χ3v) is 5.48. The molecular formula is C20H30ClN5O2. The fourth-order valence-electron chi connectivity index (χ4n) is 3.71. The largest absolute Gasteiger partial charge is 0.379 e. The molecule has 1 unspecified atom stereocenters. The van der Waals surface area contributed by atoms with Crippen molar-refractivity contribution in [3.63, 3.8) is 0 Å². The van der Waals surface area contributed by atoms with E-state index in [1.54, 1.807) is 24.3 Å². The summed E-state index contributed by atoms with van der Waals surface area (Å²) >= 11 is 5.86. The van der Waals surface area contributed by atoms with Crippen molar-refractivity contribution in [2.45, 2.75) is 25.3 Å². The standard InChI is InChI=1S/C20H30ClN5O2/c1-22-20(26-10-8-18(15-26)25-11-13-28-14-12-25)23-9-2-3-19(27)24-17-6-4-16(21)5-7-17/h4-7,18H,2-3,8-15H2,1H3,(H,22,23)(H,24,27). The van der Waals surface area contributed by atoms with Gasteiger partial charge in [0.2, 0.25) is 5.91 Å². The average molecular weight is 408 g/mol. The van der Waals surface area contributed by atoms with Crippen LogP contribution in [0.2, 0.25) is 5.02 Å². The highest BCUT2D eigenvalue weighted by atomic mass is 35.5. The van der Waals surface area contributed by atoms with E-state index in [2.05, 4.69) is 25.4 Å². The van der Waals surface area contributed by atoms with E-state index < -0.39 is 0 Å². The number of anilines is 1. The molecule has 7 nitrogen and oxygen atoms in total. The number of nitrogens with zero attached hydrogens (tertiary/aromatic N) is 3. The number of carbonyl (C=O) groups excluding carboxylic acids is 1. The van der Waals surface area contributed by atoms with Crippen molar-refractivity contribution in [1.29, 1.82) is 0 Å². The molecule has 1 amide bonds. The molecule has 1 aromatic rings. The fraction of sp³-hybridized carbons (Fsp3) is 0.600. The van der Waals surface area contributed by atoms with Crippen molar-refractivity contribution in [1.82, 2.24) is 15.1 Å². The average Bonchev–Trinajstić information content (AvgIpc) is 3.20. The quantitative estimate of drug-likeness (QED) is 0.429. The number of amides is 1. The zero-order valence-corrected chi connectivity index (χ0v) is 17.2. The lowest BCUT2D eigenvalue weighted by Gasteiger charge is -2.32. The summed E-state index contributed by atoms with van der Waals surface area (Å²) in [5.41, 5.74) is 0.768. The summed E-state index contributed by atoms with van der Waals surface area (Å²) < 4.78 is 5.45. The van der Waals surface area contributed by atoms with Crippen LogP contribution in [0.15, 0.2) is 29.3 Å². The molecule has 0 aromatic heterocycles. The number of ether oxygens (including phenoxy) is 1. The monoisotopic (exact) mass is 407 g/mol. The molecule has 2 aliphatic heterocycles. The van der Waals surface area contributed by atoms with Crippen LogP contribution in [0.25, 0.3) is 0 Å². The van der Waals surface area contributed by atoms with Crippen LogP contribution in [0.1, 0.15) is 19.3 Å². The van der Waals surface area contributed by atoms with Crippen LogP contribution >= 0.6 is 11.6 Å². The number of nitrogens with one attached hydrogen (secondary N) is 2. The molecule has 3 rings (SSSR count). The molecule has 0 bridgehead atoms. The smallest absolute Gasteiger partial charge is 0.224 e. The summed E-state index contributed by atoms with van der Waals surface area (Å²) in [4.78, 5) is 21.3. The molecule has 2 aliphatic rings. The van der Waals surface area contributed by atoms with Gasteiger partial charge in [0.15, 0.2) is 5.96 Å². The third-order valence-electron chi connectivity index (χ3n) is 5.23. The zero-order chi connectivity index (χ0) is 19.8. The van der Waals surface area contributed by atoms with Gasteiger partial charge in [-0.2, -0.15) is 0 Å². The van der Waals surface area contributed by atoms with Gasteiger partial charge in [-0.3, -0.25) is 14.7 Å². The minimum atomic E-state index is 0.00710. The molecule has 154 valence electrons. The summed E-state index contributed by atoms with van der Waals surface area (Å²) in [5.74, 6) is 0.932. The number of benzene rings is 1. The molecule has 1 atom stereocenters. The van der Waals surface area contributed by atoms with Crippen molar-refractivity contribution >= 4 is 29.2 Å². The normalized spacial score (nSPS) is 21.0. The van der Waals surface area contributed by atoms with Gasteiger partial charge in [-0.25, -0.2) is 0 Å². The molecular weight excluding hydrogens is 378 g/mol. The van der Waals surface area contributed by atoms with Crippen LogP contribution in [0.4, 0.5) is 5.69 Å². The Morgan fingerprint density at radius 2 is 2.00 bits per heavy atom. The van der Waals surface area contributed by atoms with Gasteiger partial charge in [-0.05, 0) is 37.1 Å². The third kappa shape index (κ3) is 6.09. The molecule has 2 fully saturated rings. The SMILES string of the molecule is CN=C(NCCCC(=O)Nc1ccc(Cl)cc1)N1CCC(N2CCOCC2)C1. The number of morpholine rings is 1. The maximum Gasteiger partial charge on any atom is 0.224 e. The van der Waals surface area contributed by atoms with Crippen LogP contribution in [-0.4, -0.2) is 80.7 Å². The summed E-state index contributed by atoms with van der Waals surface area (Å²) in [5, 5.41) is 6.94. The lowest BCUT2D eigenvalue weighted by atomic mass is 10.2. The Labute approximate surface area is 172 Å². The fourth-order valence-corrected chi connectivity index (χ4v) is 3.84.